The molecule has 0 radical (unpaired) electrons. The third-order valence-electron chi connectivity index (χ3n) is 5.12. The van der Waals surface area contributed by atoms with E-state index in [0.29, 0.717) is 17.8 Å². The summed E-state index contributed by atoms with van der Waals surface area (Å²) in [4.78, 5) is 25.1. The van der Waals surface area contributed by atoms with Crippen LogP contribution in [0.2, 0.25) is 0 Å². The quantitative estimate of drug-likeness (QED) is 0.556. The van der Waals surface area contributed by atoms with Crippen LogP contribution in [0, 0.1) is 0 Å². The highest BCUT2D eigenvalue weighted by atomic mass is 16.5. The highest BCUT2D eigenvalue weighted by Gasteiger charge is 2.33. The number of rotatable bonds is 9. The van der Waals surface area contributed by atoms with Crippen molar-refractivity contribution in [2.45, 2.75) is 38.8 Å². The van der Waals surface area contributed by atoms with Gasteiger partial charge in [-0.2, -0.15) is 0 Å². The monoisotopic (exact) mass is 407 g/mol. The van der Waals surface area contributed by atoms with Gasteiger partial charge in [-0.1, -0.05) is 60.7 Å². The van der Waals surface area contributed by atoms with E-state index in [0.717, 1.165) is 18.4 Å². The molecule has 1 heterocycles. The average molecular weight is 408 g/mol. The van der Waals surface area contributed by atoms with E-state index < -0.39 is 12.0 Å². The van der Waals surface area contributed by atoms with Crippen LogP contribution in [0.3, 0.4) is 0 Å². The average Bonchev–Trinajstić information content (AvgIpc) is 2.77. The van der Waals surface area contributed by atoms with Crippen LogP contribution in [-0.2, 0) is 16.0 Å². The van der Waals surface area contributed by atoms with Crippen LogP contribution in [-0.4, -0.2) is 31.2 Å². The Morgan fingerprint density at radius 1 is 1.10 bits per heavy atom. The smallest absolute Gasteiger partial charge is 0.338 e. The number of urea groups is 1. The van der Waals surface area contributed by atoms with Gasteiger partial charge in [-0.15, -0.1) is 0 Å². The number of carbonyl (C=O) groups excluding carboxylic acids is 2. The van der Waals surface area contributed by atoms with Gasteiger partial charge >= 0.3 is 12.0 Å². The number of aryl methyl sites for hydroxylation is 1. The van der Waals surface area contributed by atoms with Crippen LogP contribution in [0.1, 0.15) is 37.4 Å². The Labute approximate surface area is 177 Å². The Hall–Kier alpha value is -3.12. The van der Waals surface area contributed by atoms with Crippen LogP contribution in [0.4, 0.5) is 4.79 Å². The predicted octanol–water partition coefficient (Wildman–Crippen LogP) is 3.47. The number of benzene rings is 2. The number of carbonyl (C=O) groups is 2. The Bertz CT molecular complexity index is 881. The summed E-state index contributed by atoms with van der Waals surface area (Å²) < 4.78 is 5.29. The van der Waals surface area contributed by atoms with Crippen molar-refractivity contribution in [3.8, 4) is 0 Å². The van der Waals surface area contributed by atoms with E-state index in [2.05, 4.69) is 35.0 Å². The summed E-state index contributed by atoms with van der Waals surface area (Å²) >= 11 is 0. The maximum atomic E-state index is 12.8. The minimum absolute atomic E-state index is 0.211. The summed E-state index contributed by atoms with van der Waals surface area (Å²) in [6, 6.07) is 19.1. The summed E-state index contributed by atoms with van der Waals surface area (Å²) in [7, 11) is 0. The molecule has 2 atom stereocenters. The van der Waals surface area contributed by atoms with E-state index >= 15 is 0 Å². The summed E-state index contributed by atoms with van der Waals surface area (Å²) in [5.74, 6) is -0.424. The van der Waals surface area contributed by atoms with Crippen LogP contribution in [0.15, 0.2) is 71.9 Å². The maximum Gasteiger partial charge on any atom is 0.338 e. The van der Waals surface area contributed by atoms with Gasteiger partial charge in [0.2, 0.25) is 0 Å². The highest BCUT2D eigenvalue weighted by Crippen LogP contribution is 2.27. The molecule has 3 N–H and O–H groups in total. The Balaban J connectivity index is 1.75. The number of hydrogen-bond donors (Lipinski definition) is 3. The predicted molar refractivity (Wildman–Crippen MR) is 117 cm³/mol. The molecule has 2 amide bonds. The van der Waals surface area contributed by atoms with E-state index in [1.165, 1.54) is 5.56 Å². The summed E-state index contributed by atoms with van der Waals surface area (Å²) in [5, 5.41) is 9.08. The Kier molecular flexibility index (Phi) is 7.63. The van der Waals surface area contributed by atoms with E-state index in [4.69, 9.17) is 4.74 Å². The second kappa shape index (κ2) is 10.6. The van der Waals surface area contributed by atoms with Crippen molar-refractivity contribution in [1.29, 1.82) is 0 Å². The van der Waals surface area contributed by atoms with Gasteiger partial charge in [0.1, 0.15) is 0 Å². The lowest BCUT2D eigenvalue weighted by Crippen LogP contribution is -2.48. The third kappa shape index (κ3) is 5.70. The molecule has 0 saturated carbocycles. The first-order valence-electron chi connectivity index (χ1n) is 10.4. The van der Waals surface area contributed by atoms with Gasteiger partial charge in [0.15, 0.2) is 0 Å². The zero-order valence-electron chi connectivity index (χ0n) is 17.5. The van der Waals surface area contributed by atoms with Gasteiger partial charge in [0.05, 0.1) is 18.2 Å². The van der Waals surface area contributed by atoms with E-state index in [-0.39, 0.29) is 18.7 Å². The lowest BCUT2D eigenvalue weighted by Gasteiger charge is -2.30. The fraction of sp³-hybridized carbons (Fsp3) is 0.333. The van der Waals surface area contributed by atoms with Crippen LogP contribution < -0.4 is 16.0 Å². The first-order chi connectivity index (χ1) is 14.6. The van der Waals surface area contributed by atoms with Crippen LogP contribution in [0.25, 0.3) is 0 Å². The Morgan fingerprint density at radius 3 is 2.43 bits per heavy atom. The molecule has 6 heteroatoms. The van der Waals surface area contributed by atoms with Gasteiger partial charge in [-0.3, -0.25) is 0 Å². The minimum Gasteiger partial charge on any atom is -0.463 e. The summed E-state index contributed by atoms with van der Waals surface area (Å²) in [5.41, 5.74) is 3.12. The molecule has 30 heavy (non-hydrogen) atoms. The molecule has 1 aliphatic rings. The van der Waals surface area contributed by atoms with Gasteiger partial charge in [0.25, 0.3) is 0 Å². The zero-order chi connectivity index (χ0) is 21.3. The lowest BCUT2D eigenvalue weighted by molar-refractivity contribution is -0.139. The standard InChI is InChI=1S/C24H29N3O3/c1-3-30-23(28)21-20(16-25-17(2)14-15-18-10-6-4-7-11-18)26-24(29)27-22(21)19-12-8-5-9-13-19/h4-13,17,22,25H,3,14-16H2,1-2H3,(H2,26,27,29). The number of ether oxygens (including phenoxy) is 1. The molecule has 0 saturated heterocycles. The number of amides is 2. The fourth-order valence-electron chi connectivity index (χ4n) is 3.51. The molecule has 2 aromatic rings. The van der Waals surface area contributed by atoms with Gasteiger partial charge in [-0.05, 0) is 37.8 Å². The summed E-state index contributed by atoms with van der Waals surface area (Å²) in [6.07, 6.45) is 1.90. The van der Waals surface area contributed by atoms with Crippen molar-refractivity contribution in [2.24, 2.45) is 0 Å². The first-order valence-corrected chi connectivity index (χ1v) is 10.4. The Morgan fingerprint density at radius 2 is 1.77 bits per heavy atom. The van der Waals surface area contributed by atoms with Gasteiger partial charge in [0, 0.05) is 18.3 Å². The van der Waals surface area contributed by atoms with E-state index in [1.807, 2.05) is 48.5 Å². The molecule has 1 aliphatic heterocycles. The molecule has 0 fully saturated rings. The molecular weight excluding hydrogens is 378 g/mol. The molecule has 0 bridgehead atoms. The molecule has 0 spiro atoms. The largest absolute Gasteiger partial charge is 0.463 e. The van der Waals surface area contributed by atoms with E-state index in [9.17, 15) is 9.59 Å². The first kappa shape index (κ1) is 21.6. The maximum absolute atomic E-state index is 12.8. The van der Waals surface area contributed by atoms with Gasteiger partial charge in [-0.25, -0.2) is 9.59 Å². The van der Waals surface area contributed by atoms with Crippen molar-refractivity contribution >= 4 is 12.0 Å². The lowest BCUT2D eigenvalue weighted by atomic mass is 9.95. The molecule has 0 aromatic heterocycles. The number of nitrogens with one attached hydrogen (secondary N) is 3. The van der Waals surface area contributed by atoms with Crippen molar-refractivity contribution in [3.63, 3.8) is 0 Å². The molecule has 158 valence electrons. The minimum atomic E-state index is -0.546. The molecule has 3 rings (SSSR count). The third-order valence-corrected chi connectivity index (χ3v) is 5.12. The second-order valence-electron chi connectivity index (χ2n) is 7.36. The highest BCUT2D eigenvalue weighted by molar-refractivity contribution is 5.95. The summed E-state index contributed by atoms with van der Waals surface area (Å²) in [6.45, 7) is 4.52. The topological polar surface area (TPSA) is 79.5 Å². The van der Waals surface area contributed by atoms with Crippen molar-refractivity contribution in [2.75, 3.05) is 13.2 Å². The van der Waals surface area contributed by atoms with Crippen molar-refractivity contribution in [3.05, 3.63) is 83.1 Å². The molecule has 6 nitrogen and oxygen atoms in total. The fourth-order valence-corrected chi connectivity index (χ4v) is 3.51. The molecule has 2 aromatic carbocycles. The van der Waals surface area contributed by atoms with Gasteiger partial charge < -0.3 is 20.7 Å². The molecule has 0 aliphatic carbocycles. The second-order valence-corrected chi connectivity index (χ2v) is 7.36. The van der Waals surface area contributed by atoms with Crippen LogP contribution >= 0.6 is 0 Å². The number of hydrogen-bond acceptors (Lipinski definition) is 4. The number of esters is 1. The zero-order valence-corrected chi connectivity index (χ0v) is 17.5. The molecular formula is C24H29N3O3. The van der Waals surface area contributed by atoms with Crippen LogP contribution in [0.5, 0.6) is 0 Å². The molecule has 2 unspecified atom stereocenters. The SMILES string of the molecule is CCOC(=O)C1=C(CNC(C)CCc2ccccc2)NC(=O)NC1c1ccccc1. The van der Waals surface area contributed by atoms with E-state index in [1.54, 1.807) is 6.92 Å². The normalized spacial score (nSPS) is 17.1. The van der Waals surface area contributed by atoms with Crippen molar-refractivity contribution in [1.82, 2.24) is 16.0 Å². The van der Waals surface area contributed by atoms with Crippen molar-refractivity contribution < 1.29 is 14.3 Å².